The maximum Gasteiger partial charge on any atom is 0.433 e. The quantitative estimate of drug-likeness (QED) is 0.221. The number of benzene rings is 1. The molecule has 3 aromatic heterocycles. The van der Waals surface area contributed by atoms with E-state index in [1.165, 1.54) is 30.1 Å². The van der Waals surface area contributed by atoms with Gasteiger partial charge in [0.05, 0.1) is 18.1 Å². The Kier molecular flexibility index (Phi) is 6.30. The minimum absolute atomic E-state index is 0.0950. The van der Waals surface area contributed by atoms with Crippen LogP contribution in [0.25, 0.3) is 22.2 Å². The molecule has 0 aliphatic carbocycles. The number of hydrogen-bond acceptors (Lipinski definition) is 5. The average Bonchev–Trinajstić information content (AvgIpc) is 3.09. The molecule has 34 heavy (non-hydrogen) atoms. The number of carbonyl (C=O) groups is 1. The number of hydrogen-bond donors (Lipinski definition) is 1. The predicted molar refractivity (Wildman–Crippen MR) is 119 cm³/mol. The molecular formula is C23H18F4N4O2S. The molecule has 0 fully saturated rings. The molecule has 0 saturated heterocycles. The first kappa shape index (κ1) is 23.7. The molecule has 0 radical (unpaired) electrons. The fourth-order valence-corrected chi connectivity index (χ4v) is 4.32. The van der Waals surface area contributed by atoms with Gasteiger partial charge in [0, 0.05) is 36.3 Å². The van der Waals surface area contributed by atoms with E-state index in [1.54, 1.807) is 37.0 Å². The lowest BCUT2D eigenvalue weighted by atomic mass is 10.0. The first-order chi connectivity index (χ1) is 16.0. The number of thioether (sulfide) groups is 1. The molecular weight excluding hydrogens is 472 g/mol. The van der Waals surface area contributed by atoms with Crippen molar-refractivity contribution in [3.05, 3.63) is 71.1 Å². The minimum Gasteiger partial charge on any atom is -0.481 e. The molecule has 4 rings (SSSR count). The lowest BCUT2D eigenvalue weighted by Gasteiger charge is -2.09. The molecule has 1 aromatic carbocycles. The van der Waals surface area contributed by atoms with E-state index < -0.39 is 30.1 Å². The summed E-state index contributed by atoms with van der Waals surface area (Å²) in [4.78, 5) is 23.5. The molecule has 0 unspecified atom stereocenters. The SMILES string of the molecule is Cc1cc(C(F)(F)F)ncc1-c1cn(C)c2cnc(SCc3ccc(F)c(CC(=O)O)c3)nc12. The van der Waals surface area contributed by atoms with Crippen molar-refractivity contribution in [2.24, 2.45) is 7.05 Å². The molecule has 11 heteroatoms. The Morgan fingerprint density at radius 1 is 1.15 bits per heavy atom. The van der Waals surface area contributed by atoms with E-state index in [0.29, 0.717) is 44.2 Å². The number of carboxylic acids is 1. The highest BCUT2D eigenvalue weighted by Gasteiger charge is 2.33. The Balaban J connectivity index is 1.64. The van der Waals surface area contributed by atoms with Gasteiger partial charge in [-0.25, -0.2) is 14.4 Å². The molecule has 1 N–H and O–H groups in total. The summed E-state index contributed by atoms with van der Waals surface area (Å²) < 4.78 is 54.6. The fraction of sp³-hybridized carbons (Fsp3) is 0.217. The third kappa shape index (κ3) is 4.89. The van der Waals surface area contributed by atoms with Gasteiger partial charge in [-0.1, -0.05) is 23.9 Å². The van der Waals surface area contributed by atoms with Crippen molar-refractivity contribution in [2.45, 2.75) is 30.4 Å². The highest BCUT2D eigenvalue weighted by atomic mass is 32.2. The largest absolute Gasteiger partial charge is 0.481 e. The van der Waals surface area contributed by atoms with Crippen LogP contribution in [0.1, 0.15) is 22.4 Å². The smallest absolute Gasteiger partial charge is 0.433 e. The van der Waals surface area contributed by atoms with E-state index in [1.807, 2.05) is 0 Å². The van der Waals surface area contributed by atoms with Gasteiger partial charge in [0.25, 0.3) is 0 Å². The van der Waals surface area contributed by atoms with Gasteiger partial charge in [-0.3, -0.25) is 9.78 Å². The number of aryl methyl sites for hydroxylation is 2. The number of nitrogens with zero attached hydrogens (tertiary/aromatic N) is 4. The van der Waals surface area contributed by atoms with Crippen LogP contribution in [-0.2, 0) is 30.2 Å². The van der Waals surface area contributed by atoms with Gasteiger partial charge in [-0.2, -0.15) is 13.2 Å². The van der Waals surface area contributed by atoms with Gasteiger partial charge >= 0.3 is 12.1 Å². The zero-order valence-electron chi connectivity index (χ0n) is 18.0. The van der Waals surface area contributed by atoms with Gasteiger partial charge in [0.2, 0.25) is 0 Å². The molecule has 3 heterocycles. The van der Waals surface area contributed by atoms with Crippen molar-refractivity contribution in [1.82, 2.24) is 19.5 Å². The Morgan fingerprint density at radius 2 is 1.91 bits per heavy atom. The summed E-state index contributed by atoms with van der Waals surface area (Å²) in [5, 5.41) is 9.35. The maximum absolute atomic E-state index is 13.8. The Morgan fingerprint density at radius 3 is 2.59 bits per heavy atom. The van der Waals surface area contributed by atoms with Crippen LogP contribution in [0, 0.1) is 12.7 Å². The molecule has 0 atom stereocenters. The summed E-state index contributed by atoms with van der Waals surface area (Å²) in [5.41, 5.74) is 2.69. The number of aromatic nitrogens is 4. The van der Waals surface area contributed by atoms with Crippen molar-refractivity contribution < 1.29 is 27.5 Å². The van der Waals surface area contributed by atoms with E-state index in [2.05, 4.69) is 15.0 Å². The summed E-state index contributed by atoms with van der Waals surface area (Å²) in [5.74, 6) is -1.33. The van der Waals surface area contributed by atoms with Crippen LogP contribution in [0.5, 0.6) is 0 Å². The summed E-state index contributed by atoms with van der Waals surface area (Å²) in [6.07, 6.45) is -0.353. The summed E-state index contributed by atoms with van der Waals surface area (Å²) in [7, 11) is 1.79. The monoisotopic (exact) mass is 490 g/mol. The van der Waals surface area contributed by atoms with Crippen LogP contribution in [0.2, 0.25) is 0 Å². The molecule has 6 nitrogen and oxygen atoms in total. The second kappa shape index (κ2) is 9.05. The van der Waals surface area contributed by atoms with Crippen LogP contribution < -0.4 is 0 Å². The van der Waals surface area contributed by atoms with Crippen LogP contribution in [-0.4, -0.2) is 30.6 Å². The van der Waals surface area contributed by atoms with E-state index in [-0.39, 0.29) is 5.56 Å². The van der Waals surface area contributed by atoms with Crippen molar-refractivity contribution in [2.75, 3.05) is 0 Å². The van der Waals surface area contributed by atoms with Gasteiger partial charge in [0.15, 0.2) is 5.16 Å². The van der Waals surface area contributed by atoms with Crippen molar-refractivity contribution in [3.63, 3.8) is 0 Å². The molecule has 4 aromatic rings. The number of halogens is 4. The highest BCUT2D eigenvalue weighted by molar-refractivity contribution is 7.98. The highest BCUT2D eigenvalue weighted by Crippen LogP contribution is 2.35. The van der Waals surface area contributed by atoms with E-state index in [4.69, 9.17) is 5.11 Å². The van der Waals surface area contributed by atoms with Gasteiger partial charge < -0.3 is 9.67 Å². The number of aliphatic carboxylic acids is 1. The fourth-order valence-electron chi connectivity index (χ4n) is 3.56. The van der Waals surface area contributed by atoms with Gasteiger partial charge in [0.1, 0.15) is 17.0 Å². The molecule has 0 amide bonds. The lowest BCUT2D eigenvalue weighted by Crippen LogP contribution is -2.08. The first-order valence-corrected chi connectivity index (χ1v) is 11.0. The third-order valence-electron chi connectivity index (χ3n) is 5.22. The Bertz CT molecular complexity index is 1400. The predicted octanol–water partition coefficient (Wildman–Crippen LogP) is 5.42. The number of carboxylic acid groups (broad SMARTS) is 1. The molecule has 0 spiro atoms. The number of alkyl halides is 3. The van der Waals surface area contributed by atoms with Crippen molar-refractivity contribution in [3.8, 4) is 11.1 Å². The molecule has 0 bridgehead atoms. The first-order valence-electron chi connectivity index (χ1n) is 10.0. The Hall–Kier alpha value is -3.47. The molecule has 0 aliphatic heterocycles. The average molecular weight is 490 g/mol. The zero-order valence-corrected chi connectivity index (χ0v) is 18.8. The maximum atomic E-state index is 13.8. The molecule has 0 aliphatic rings. The van der Waals surface area contributed by atoms with Crippen molar-refractivity contribution in [1.29, 1.82) is 0 Å². The number of pyridine rings is 1. The zero-order chi connectivity index (χ0) is 24.6. The molecule has 176 valence electrons. The van der Waals surface area contributed by atoms with Gasteiger partial charge in [-0.15, -0.1) is 0 Å². The lowest BCUT2D eigenvalue weighted by molar-refractivity contribution is -0.141. The second-order valence-electron chi connectivity index (χ2n) is 7.71. The topological polar surface area (TPSA) is 80.9 Å². The number of fused-ring (bicyclic) bond motifs is 1. The van der Waals surface area contributed by atoms with Crippen LogP contribution in [0.4, 0.5) is 17.6 Å². The van der Waals surface area contributed by atoms with E-state index in [0.717, 1.165) is 6.07 Å². The van der Waals surface area contributed by atoms with Crippen molar-refractivity contribution >= 4 is 28.8 Å². The second-order valence-corrected chi connectivity index (χ2v) is 8.65. The minimum atomic E-state index is -4.53. The van der Waals surface area contributed by atoms with Gasteiger partial charge in [-0.05, 0) is 35.7 Å². The summed E-state index contributed by atoms with van der Waals surface area (Å²) in [6, 6.07) is 5.31. The van der Waals surface area contributed by atoms with Crippen LogP contribution in [0.3, 0.4) is 0 Å². The normalized spacial score (nSPS) is 11.8. The molecule has 0 saturated carbocycles. The summed E-state index contributed by atoms with van der Waals surface area (Å²) in [6.45, 7) is 1.59. The van der Waals surface area contributed by atoms with Crippen LogP contribution in [0.15, 0.2) is 48.0 Å². The van der Waals surface area contributed by atoms with Crippen LogP contribution >= 0.6 is 11.8 Å². The standard InChI is InChI=1S/C23H18F4N4O2S/c1-12-5-19(23(25,26)27)28-8-15(12)16-10-31(2)18-9-29-22(30-21(16)18)34-11-13-3-4-17(24)14(6-13)7-20(32)33/h3-6,8-10H,7,11H2,1-2H3,(H,32,33). The summed E-state index contributed by atoms with van der Waals surface area (Å²) >= 11 is 1.28. The Labute approximate surface area is 195 Å². The van der Waals surface area contributed by atoms with E-state index in [9.17, 15) is 22.4 Å². The number of rotatable bonds is 6. The third-order valence-corrected chi connectivity index (χ3v) is 6.15. The van der Waals surface area contributed by atoms with E-state index >= 15 is 0 Å².